The summed E-state index contributed by atoms with van der Waals surface area (Å²) in [6, 6.07) is 3.76. The predicted octanol–water partition coefficient (Wildman–Crippen LogP) is 3.43. The maximum absolute atomic E-state index is 6.14. The fourth-order valence-electron chi connectivity index (χ4n) is 2.04. The molecular formula is C16H26ClNO3. The molecule has 4 nitrogen and oxygen atoms in total. The van der Waals surface area contributed by atoms with E-state index in [0.717, 1.165) is 43.6 Å². The molecule has 120 valence electrons. The van der Waals surface area contributed by atoms with E-state index in [1.807, 2.05) is 6.07 Å². The van der Waals surface area contributed by atoms with Crippen LogP contribution in [0.25, 0.3) is 0 Å². The zero-order chi connectivity index (χ0) is 15.7. The zero-order valence-corrected chi connectivity index (χ0v) is 13.9. The van der Waals surface area contributed by atoms with Gasteiger partial charge >= 0.3 is 0 Å². The lowest BCUT2D eigenvalue weighted by Crippen LogP contribution is -2.22. The first-order valence-electron chi connectivity index (χ1n) is 7.36. The Morgan fingerprint density at radius 3 is 2.52 bits per heavy atom. The van der Waals surface area contributed by atoms with Gasteiger partial charge in [-0.05, 0) is 31.7 Å². The van der Waals surface area contributed by atoms with E-state index in [1.165, 1.54) is 0 Å². The molecule has 0 saturated heterocycles. The molecule has 0 heterocycles. The number of nitrogens with two attached hydrogens (primary N) is 1. The zero-order valence-electron chi connectivity index (χ0n) is 13.2. The summed E-state index contributed by atoms with van der Waals surface area (Å²) in [7, 11) is 3.32. The highest BCUT2D eigenvalue weighted by Crippen LogP contribution is 2.35. The Morgan fingerprint density at radius 2 is 1.90 bits per heavy atom. The maximum atomic E-state index is 6.14. The van der Waals surface area contributed by atoms with Crippen molar-refractivity contribution >= 4 is 11.6 Å². The smallest absolute Gasteiger partial charge is 0.164 e. The number of unbranched alkanes of at least 4 members (excludes halogenated alkanes) is 1. The van der Waals surface area contributed by atoms with Crippen LogP contribution in [0.1, 0.15) is 31.7 Å². The van der Waals surface area contributed by atoms with E-state index in [1.54, 1.807) is 20.3 Å². The summed E-state index contributed by atoms with van der Waals surface area (Å²) in [6.07, 6.45) is 3.53. The van der Waals surface area contributed by atoms with Crippen molar-refractivity contribution in [2.75, 3.05) is 27.4 Å². The lowest BCUT2D eigenvalue weighted by Gasteiger charge is -2.18. The van der Waals surface area contributed by atoms with Gasteiger partial charge in [0, 0.05) is 36.4 Å². The second-order valence-corrected chi connectivity index (χ2v) is 5.45. The molecule has 0 aromatic heterocycles. The van der Waals surface area contributed by atoms with Crippen molar-refractivity contribution in [1.29, 1.82) is 0 Å². The highest BCUT2D eigenvalue weighted by molar-refractivity contribution is 6.30. The first-order chi connectivity index (χ1) is 10.1. The fraction of sp³-hybridized carbons (Fsp3) is 0.625. The third-order valence-electron chi connectivity index (χ3n) is 3.31. The van der Waals surface area contributed by atoms with Crippen LogP contribution in [0.3, 0.4) is 0 Å². The molecule has 21 heavy (non-hydrogen) atoms. The Balaban J connectivity index is 2.81. The van der Waals surface area contributed by atoms with Gasteiger partial charge in [0.15, 0.2) is 11.5 Å². The monoisotopic (exact) mass is 315 g/mol. The van der Waals surface area contributed by atoms with Crippen molar-refractivity contribution < 1.29 is 14.2 Å². The van der Waals surface area contributed by atoms with Crippen molar-refractivity contribution in [2.24, 2.45) is 5.73 Å². The predicted molar refractivity (Wildman–Crippen MR) is 86.6 cm³/mol. The largest absolute Gasteiger partial charge is 0.493 e. The Hall–Kier alpha value is -0.970. The summed E-state index contributed by atoms with van der Waals surface area (Å²) in [6.45, 7) is 3.43. The summed E-state index contributed by atoms with van der Waals surface area (Å²) < 4.78 is 16.3. The second kappa shape index (κ2) is 9.87. The number of rotatable bonds is 10. The third-order valence-corrected chi connectivity index (χ3v) is 3.53. The maximum Gasteiger partial charge on any atom is 0.164 e. The molecule has 0 fully saturated rings. The van der Waals surface area contributed by atoms with E-state index in [4.69, 9.17) is 31.5 Å². The minimum atomic E-state index is 0.0871. The average molecular weight is 316 g/mol. The molecule has 1 rings (SSSR count). The number of halogens is 1. The quantitative estimate of drug-likeness (QED) is 0.672. The molecule has 0 bridgehead atoms. The minimum absolute atomic E-state index is 0.0871. The molecule has 0 saturated carbocycles. The molecule has 0 amide bonds. The highest BCUT2D eigenvalue weighted by Gasteiger charge is 2.15. The molecule has 0 aliphatic heterocycles. The summed E-state index contributed by atoms with van der Waals surface area (Å²) in [5.41, 5.74) is 7.05. The Kier molecular flexibility index (Phi) is 8.50. The molecule has 0 radical (unpaired) electrons. The number of methoxy groups -OCH3 is 2. The van der Waals surface area contributed by atoms with Gasteiger partial charge in [-0.1, -0.05) is 18.5 Å². The van der Waals surface area contributed by atoms with E-state index in [0.29, 0.717) is 17.4 Å². The van der Waals surface area contributed by atoms with Gasteiger partial charge in [-0.2, -0.15) is 0 Å². The normalized spacial score (nSPS) is 12.2. The van der Waals surface area contributed by atoms with Gasteiger partial charge < -0.3 is 19.9 Å². The molecule has 1 aromatic carbocycles. The summed E-state index contributed by atoms with van der Waals surface area (Å²) in [5.74, 6) is 1.41. The van der Waals surface area contributed by atoms with Gasteiger partial charge in [0.2, 0.25) is 0 Å². The molecule has 0 spiro atoms. The Morgan fingerprint density at radius 1 is 1.19 bits per heavy atom. The van der Waals surface area contributed by atoms with Gasteiger partial charge in [0.05, 0.1) is 13.7 Å². The lowest BCUT2D eigenvalue weighted by molar-refractivity contribution is 0.183. The third kappa shape index (κ3) is 6.12. The molecular weight excluding hydrogens is 290 g/mol. The average Bonchev–Trinajstić information content (AvgIpc) is 2.48. The van der Waals surface area contributed by atoms with E-state index in [-0.39, 0.29) is 6.04 Å². The Bertz CT molecular complexity index is 426. The molecule has 0 aliphatic carbocycles. The molecule has 1 unspecified atom stereocenters. The van der Waals surface area contributed by atoms with Gasteiger partial charge in [0.25, 0.3) is 0 Å². The van der Waals surface area contributed by atoms with Crippen molar-refractivity contribution in [1.82, 2.24) is 0 Å². The minimum Gasteiger partial charge on any atom is -0.493 e. The van der Waals surface area contributed by atoms with E-state index in [9.17, 15) is 0 Å². The topological polar surface area (TPSA) is 53.7 Å². The number of ether oxygens (including phenoxy) is 3. The lowest BCUT2D eigenvalue weighted by atomic mass is 10.0. The summed E-state index contributed by atoms with van der Waals surface area (Å²) in [5, 5.41) is 0.636. The van der Waals surface area contributed by atoms with Crippen molar-refractivity contribution in [3.63, 3.8) is 0 Å². The standard InChI is InChI=1S/C16H26ClNO3/c1-4-14(18)10-12-9-13(17)11-15(20-3)16(12)21-8-6-5-7-19-2/h9,11,14H,4-8,10,18H2,1-3H3. The fourth-order valence-corrected chi connectivity index (χ4v) is 2.27. The Labute approximate surface area is 132 Å². The van der Waals surface area contributed by atoms with E-state index >= 15 is 0 Å². The van der Waals surface area contributed by atoms with Gasteiger partial charge in [-0.25, -0.2) is 0 Å². The summed E-state index contributed by atoms with van der Waals surface area (Å²) in [4.78, 5) is 0. The second-order valence-electron chi connectivity index (χ2n) is 5.02. The van der Waals surface area contributed by atoms with Crippen LogP contribution in [0.2, 0.25) is 5.02 Å². The van der Waals surface area contributed by atoms with Crippen molar-refractivity contribution in [2.45, 2.75) is 38.6 Å². The van der Waals surface area contributed by atoms with Crippen molar-refractivity contribution in [3.8, 4) is 11.5 Å². The van der Waals surface area contributed by atoms with Crippen LogP contribution in [-0.4, -0.2) is 33.5 Å². The molecule has 5 heteroatoms. The molecule has 0 aliphatic rings. The van der Waals surface area contributed by atoms with Crippen LogP contribution in [0.4, 0.5) is 0 Å². The van der Waals surface area contributed by atoms with E-state index < -0.39 is 0 Å². The SMILES string of the molecule is CCC(N)Cc1cc(Cl)cc(OC)c1OCCCCOC. The first kappa shape index (κ1) is 18.1. The van der Waals surface area contributed by atoms with Crippen LogP contribution in [-0.2, 0) is 11.2 Å². The molecule has 1 aromatic rings. The molecule has 1 atom stereocenters. The van der Waals surface area contributed by atoms with Crippen molar-refractivity contribution in [3.05, 3.63) is 22.7 Å². The number of benzene rings is 1. The first-order valence-corrected chi connectivity index (χ1v) is 7.73. The van der Waals surface area contributed by atoms with Crippen LogP contribution in [0.15, 0.2) is 12.1 Å². The number of hydrogen-bond donors (Lipinski definition) is 1. The van der Waals surface area contributed by atoms with Gasteiger partial charge in [0.1, 0.15) is 0 Å². The van der Waals surface area contributed by atoms with Crippen LogP contribution < -0.4 is 15.2 Å². The van der Waals surface area contributed by atoms with Crippen LogP contribution >= 0.6 is 11.6 Å². The van der Waals surface area contributed by atoms with Gasteiger partial charge in [-0.3, -0.25) is 0 Å². The van der Waals surface area contributed by atoms with Crippen LogP contribution in [0.5, 0.6) is 11.5 Å². The summed E-state index contributed by atoms with van der Waals surface area (Å²) >= 11 is 6.14. The van der Waals surface area contributed by atoms with Crippen LogP contribution in [0, 0.1) is 0 Å². The highest BCUT2D eigenvalue weighted by atomic mass is 35.5. The number of hydrogen-bond acceptors (Lipinski definition) is 4. The van der Waals surface area contributed by atoms with E-state index in [2.05, 4.69) is 6.92 Å². The molecule has 2 N–H and O–H groups in total. The van der Waals surface area contributed by atoms with Gasteiger partial charge in [-0.15, -0.1) is 0 Å².